The molecule has 5 rings (SSSR count). The molecule has 218 valence electrons. The zero-order valence-corrected chi connectivity index (χ0v) is 23.8. The van der Waals surface area contributed by atoms with Gasteiger partial charge in [-0.05, 0) is 56.3 Å². The lowest BCUT2D eigenvalue weighted by Gasteiger charge is -2.26. The summed E-state index contributed by atoms with van der Waals surface area (Å²) in [5.74, 6) is 0.746. The van der Waals surface area contributed by atoms with Crippen molar-refractivity contribution in [3.05, 3.63) is 102 Å². The highest BCUT2D eigenvalue weighted by Crippen LogP contribution is 2.38. The highest BCUT2D eigenvalue weighted by molar-refractivity contribution is 7.07. The number of allylic oxidation sites excluding steroid dienone is 1. The molecule has 0 radical (unpaired) electrons. The summed E-state index contributed by atoms with van der Waals surface area (Å²) in [6, 6.07) is 12.0. The Bertz CT molecular complexity index is 1880. The van der Waals surface area contributed by atoms with Crippen molar-refractivity contribution in [3.63, 3.8) is 0 Å². The third-order valence-electron chi connectivity index (χ3n) is 6.62. The fourth-order valence-corrected chi connectivity index (χ4v) is 5.73. The second kappa shape index (κ2) is 11.4. The lowest BCUT2D eigenvalue weighted by Crippen LogP contribution is -2.40. The van der Waals surface area contributed by atoms with Gasteiger partial charge in [-0.1, -0.05) is 23.5 Å². The molecule has 0 aliphatic carbocycles. The van der Waals surface area contributed by atoms with Gasteiger partial charge >= 0.3 is 12.1 Å². The molecule has 0 unspecified atom stereocenters. The SMILES string of the molecule is CCOC(=O)C1=C(C)N=c2s/c(=C/c3ccc(-c4cccc(C(F)(F)F)c4)o3)c(=O)n2[C@@H]1c1cc(OC)ccc1OC. The molecule has 1 aliphatic heterocycles. The molecule has 1 aliphatic rings. The van der Waals surface area contributed by atoms with E-state index in [9.17, 15) is 22.8 Å². The molecule has 0 amide bonds. The van der Waals surface area contributed by atoms with E-state index < -0.39 is 29.3 Å². The average molecular weight is 599 g/mol. The number of esters is 1. The van der Waals surface area contributed by atoms with Crippen molar-refractivity contribution < 1.29 is 36.6 Å². The summed E-state index contributed by atoms with van der Waals surface area (Å²) >= 11 is 1.08. The molecule has 0 fully saturated rings. The van der Waals surface area contributed by atoms with Crippen LogP contribution < -0.4 is 24.4 Å². The van der Waals surface area contributed by atoms with Crippen LogP contribution in [0.25, 0.3) is 17.4 Å². The van der Waals surface area contributed by atoms with Crippen LogP contribution in [-0.2, 0) is 15.7 Å². The van der Waals surface area contributed by atoms with Crippen molar-refractivity contribution in [1.82, 2.24) is 4.57 Å². The Morgan fingerprint density at radius 1 is 1.12 bits per heavy atom. The van der Waals surface area contributed by atoms with Crippen LogP contribution in [0.3, 0.4) is 0 Å². The molecule has 0 saturated heterocycles. The maximum atomic E-state index is 13.9. The Kier molecular flexibility index (Phi) is 7.83. The Hall–Kier alpha value is -4.58. The minimum atomic E-state index is -4.50. The number of thiazole rings is 1. The standard InChI is InChI=1S/C30H25F3N2O6S/c1-5-40-28(37)25-16(2)34-29-35(26(25)21-14-19(38-3)9-12-23(21)39-4)27(36)24(42-29)15-20-10-11-22(41-20)17-7-6-8-18(13-17)30(31,32)33/h6-15,26H,5H2,1-4H3/b24-15+/t26-/m1/s1. The number of nitrogens with zero attached hydrogens (tertiary/aromatic N) is 2. The number of aromatic nitrogens is 1. The number of hydrogen-bond donors (Lipinski definition) is 0. The molecule has 1 atom stereocenters. The molecular weight excluding hydrogens is 573 g/mol. The summed E-state index contributed by atoms with van der Waals surface area (Å²) < 4.78 is 63.3. The van der Waals surface area contributed by atoms with Crippen molar-refractivity contribution in [3.8, 4) is 22.8 Å². The Balaban J connectivity index is 1.65. The number of benzene rings is 2. The van der Waals surface area contributed by atoms with Gasteiger partial charge in [-0.2, -0.15) is 13.2 Å². The zero-order chi connectivity index (χ0) is 30.2. The molecule has 0 spiro atoms. The monoisotopic (exact) mass is 598 g/mol. The predicted molar refractivity (Wildman–Crippen MR) is 149 cm³/mol. The fourth-order valence-electron chi connectivity index (χ4n) is 4.70. The van der Waals surface area contributed by atoms with Gasteiger partial charge in [0.15, 0.2) is 4.80 Å². The Morgan fingerprint density at radius 3 is 2.60 bits per heavy atom. The summed E-state index contributed by atoms with van der Waals surface area (Å²) in [5, 5.41) is 0. The van der Waals surface area contributed by atoms with Crippen LogP contribution in [0.1, 0.15) is 36.8 Å². The van der Waals surface area contributed by atoms with E-state index in [1.807, 2.05) is 0 Å². The molecule has 8 nitrogen and oxygen atoms in total. The minimum absolute atomic E-state index is 0.120. The van der Waals surface area contributed by atoms with E-state index in [1.54, 1.807) is 38.1 Å². The number of fused-ring (bicyclic) bond motifs is 1. The molecular formula is C30H25F3N2O6S. The quantitative estimate of drug-likeness (QED) is 0.275. The summed E-state index contributed by atoms with van der Waals surface area (Å²) in [6.07, 6.45) is -3.01. The smallest absolute Gasteiger partial charge is 0.416 e. The van der Waals surface area contributed by atoms with Gasteiger partial charge in [0.1, 0.15) is 29.1 Å². The van der Waals surface area contributed by atoms with Crippen molar-refractivity contribution in [2.75, 3.05) is 20.8 Å². The van der Waals surface area contributed by atoms with Gasteiger partial charge < -0.3 is 18.6 Å². The molecule has 0 bridgehead atoms. The number of methoxy groups -OCH3 is 2. The van der Waals surface area contributed by atoms with Crippen LogP contribution in [0.2, 0.25) is 0 Å². The van der Waals surface area contributed by atoms with Gasteiger partial charge in [0.05, 0.1) is 42.2 Å². The first-order valence-electron chi connectivity index (χ1n) is 12.7. The molecule has 4 aromatic rings. The number of carbonyl (C=O) groups excluding carboxylic acids is 1. The van der Waals surface area contributed by atoms with E-state index in [2.05, 4.69) is 4.99 Å². The predicted octanol–water partition coefficient (Wildman–Crippen LogP) is 5.09. The van der Waals surface area contributed by atoms with Crippen LogP contribution in [0.15, 0.2) is 80.1 Å². The number of carbonyl (C=O) groups is 1. The van der Waals surface area contributed by atoms with E-state index in [0.29, 0.717) is 27.6 Å². The van der Waals surface area contributed by atoms with E-state index in [1.165, 1.54) is 43.1 Å². The van der Waals surface area contributed by atoms with Crippen molar-refractivity contribution in [2.45, 2.75) is 26.1 Å². The Morgan fingerprint density at radius 2 is 1.90 bits per heavy atom. The first kappa shape index (κ1) is 28.9. The number of halogens is 3. The average Bonchev–Trinajstić information content (AvgIpc) is 3.55. The van der Waals surface area contributed by atoms with Gasteiger partial charge in [0.2, 0.25) is 0 Å². The van der Waals surface area contributed by atoms with Crippen molar-refractivity contribution in [2.24, 2.45) is 4.99 Å². The number of alkyl halides is 3. The van der Waals surface area contributed by atoms with Gasteiger partial charge in [-0.15, -0.1) is 0 Å². The van der Waals surface area contributed by atoms with Crippen LogP contribution in [0, 0.1) is 0 Å². The number of hydrogen-bond acceptors (Lipinski definition) is 8. The van der Waals surface area contributed by atoms with Crippen LogP contribution in [0.5, 0.6) is 11.5 Å². The maximum Gasteiger partial charge on any atom is 0.416 e. The lowest BCUT2D eigenvalue weighted by molar-refractivity contribution is -0.139. The second-order valence-electron chi connectivity index (χ2n) is 9.19. The zero-order valence-electron chi connectivity index (χ0n) is 22.9. The molecule has 3 heterocycles. The first-order valence-corrected chi connectivity index (χ1v) is 13.6. The summed E-state index contributed by atoms with van der Waals surface area (Å²) in [5.41, 5.74) is 0.0255. The summed E-state index contributed by atoms with van der Waals surface area (Å²) in [7, 11) is 2.98. The lowest BCUT2D eigenvalue weighted by atomic mass is 9.95. The third-order valence-corrected chi connectivity index (χ3v) is 7.61. The third kappa shape index (κ3) is 5.37. The molecule has 0 saturated carbocycles. The number of ether oxygens (including phenoxy) is 3. The van der Waals surface area contributed by atoms with E-state index in [4.69, 9.17) is 18.6 Å². The van der Waals surface area contributed by atoms with Crippen LogP contribution in [0.4, 0.5) is 13.2 Å². The molecule has 42 heavy (non-hydrogen) atoms. The largest absolute Gasteiger partial charge is 0.497 e. The van der Waals surface area contributed by atoms with E-state index in [-0.39, 0.29) is 33.8 Å². The molecule has 0 N–H and O–H groups in total. The van der Waals surface area contributed by atoms with Crippen LogP contribution >= 0.6 is 11.3 Å². The normalized spacial score (nSPS) is 15.3. The van der Waals surface area contributed by atoms with Gasteiger partial charge in [-0.25, -0.2) is 9.79 Å². The van der Waals surface area contributed by atoms with E-state index in [0.717, 1.165) is 23.5 Å². The van der Waals surface area contributed by atoms with Gasteiger partial charge in [-0.3, -0.25) is 9.36 Å². The fraction of sp³-hybridized carbons (Fsp3) is 0.233. The number of rotatable bonds is 7. The topological polar surface area (TPSA) is 92.3 Å². The molecule has 2 aromatic heterocycles. The van der Waals surface area contributed by atoms with Crippen molar-refractivity contribution in [1.29, 1.82) is 0 Å². The maximum absolute atomic E-state index is 13.9. The summed E-state index contributed by atoms with van der Waals surface area (Å²) in [4.78, 5) is 31.9. The van der Waals surface area contributed by atoms with Crippen LogP contribution in [-0.4, -0.2) is 31.4 Å². The molecule has 12 heteroatoms. The Labute approximate surface area is 241 Å². The first-order chi connectivity index (χ1) is 20.0. The molecule has 2 aromatic carbocycles. The van der Waals surface area contributed by atoms with E-state index >= 15 is 0 Å². The van der Waals surface area contributed by atoms with Gasteiger partial charge in [0, 0.05) is 17.2 Å². The van der Waals surface area contributed by atoms with Crippen molar-refractivity contribution >= 4 is 23.4 Å². The highest BCUT2D eigenvalue weighted by atomic mass is 32.1. The minimum Gasteiger partial charge on any atom is -0.497 e. The second-order valence-corrected chi connectivity index (χ2v) is 10.2. The van der Waals surface area contributed by atoms with Gasteiger partial charge in [0.25, 0.3) is 5.56 Å². The highest BCUT2D eigenvalue weighted by Gasteiger charge is 2.35. The number of furan rings is 1. The summed E-state index contributed by atoms with van der Waals surface area (Å²) in [6.45, 7) is 3.46.